The zero-order valence-corrected chi connectivity index (χ0v) is 7.31. The van der Waals surface area contributed by atoms with E-state index in [1.807, 2.05) is 0 Å². The van der Waals surface area contributed by atoms with Gasteiger partial charge in [0.25, 0.3) is 6.29 Å². The van der Waals surface area contributed by atoms with Crippen molar-refractivity contribution in [3.05, 3.63) is 0 Å². The summed E-state index contributed by atoms with van der Waals surface area (Å²) < 4.78 is 18.5. The van der Waals surface area contributed by atoms with Crippen molar-refractivity contribution in [2.75, 3.05) is 20.8 Å². The van der Waals surface area contributed by atoms with Gasteiger partial charge in [-0.15, -0.1) is 0 Å². The molecule has 0 spiro atoms. The van der Waals surface area contributed by atoms with Crippen LogP contribution >= 0.6 is 0 Å². The summed E-state index contributed by atoms with van der Waals surface area (Å²) in [4.78, 5) is 21.7. The zero-order valence-electron chi connectivity index (χ0n) is 7.31. The first kappa shape index (κ1) is 9.94. The summed E-state index contributed by atoms with van der Waals surface area (Å²) in [6, 6.07) is 0. The molecule has 2 unspecified atom stereocenters. The van der Waals surface area contributed by atoms with Crippen LogP contribution in [0.4, 0.5) is 0 Å². The molecule has 6 nitrogen and oxygen atoms in total. The molecule has 0 radical (unpaired) electrons. The topological polar surface area (TPSA) is 71.1 Å². The van der Waals surface area contributed by atoms with Crippen LogP contribution in [0.3, 0.4) is 0 Å². The molecule has 13 heavy (non-hydrogen) atoms. The minimum absolute atomic E-state index is 0.00639. The summed E-state index contributed by atoms with van der Waals surface area (Å²) in [5.74, 6) is -1.22. The summed E-state index contributed by atoms with van der Waals surface area (Å²) in [5.41, 5.74) is 0. The highest BCUT2D eigenvalue weighted by atomic mass is 16.8. The highest BCUT2D eigenvalue weighted by Gasteiger charge is 2.37. The van der Waals surface area contributed by atoms with E-state index in [1.54, 1.807) is 0 Å². The SMILES string of the molecule is COC(=O)C1COC(C(=O)OC)O1. The Hall–Kier alpha value is -1.14. The molecule has 0 N–H and O–H groups in total. The van der Waals surface area contributed by atoms with Gasteiger partial charge < -0.3 is 18.9 Å². The van der Waals surface area contributed by atoms with Gasteiger partial charge in [0.2, 0.25) is 0 Å². The van der Waals surface area contributed by atoms with Gasteiger partial charge in [0.1, 0.15) is 0 Å². The van der Waals surface area contributed by atoms with Crippen molar-refractivity contribution in [1.82, 2.24) is 0 Å². The molecule has 0 aromatic carbocycles. The van der Waals surface area contributed by atoms with Crippen molar-refractivity contribution in [2.45, 2.75) is 12.4 Å². The highest BCUT2D eigenvalue weighted by Crippen LogP contribution is 2.13. The summed E-state index contributed by atoms with van der Waals surface area (Å²) in [6.45, 7) is 0.00639. The second kappa shape index (κ2) is 4.20. The summed E-state index contributed by atoms with van der Waals surface area (Å²) >= 11 is 0. The Morgan fingerprint density at radius 3 is 2.38 bits per heavy atom. The Balaban J connectivity index is 2.44. The molecule has 0 aliphatic carbocycles. The van der Waals surface area contributed by atoms with E-state index >= 15 is 0 Å². The minimum Gasteiger partial charge on any atom is -0.467 e. The van der Waals surface area contributed by atoms with Gasteiger partial charge in [0.15, 0.2) is 6.10 Å². The average Bonchev–Trinajstić information content (AvgIpc) is 2.64. The normalized spacial score (nSPS) is 26.9. The minimum atomic E-state index is -1.12. The molecule has 0 aromatic rings. The van der Waals surface area contributed by atoms with E-state index in [0.29, 0.717) is 0 Å². The monoisotopic (exact) mass is 190 g/mol. The Morgan fingerprint density at radius 1 is 1.23 bits per heavy atom. The van der Waals surface area contributed by atoms with Crippen molar-refractivity contribution in [2.24, 2.45) is 0 Å². The van der Waals surface area contributed by atoms with E-state index in [4.69, 9.17) is 9.47 Å². The van der Waals surface area contributed by atoms with E-state index in [-0.39, 0.29) is 6.61 Å². The lowest BCUT2D eigenvalue weighted by molar-refractivity contribution is -0.174. The summed E-state index contributed by atoms with van der Waals surface area (Å²) in [5, 5.41) is 0. The van der Waals surface area contributed by atoms with Gasteiger partial charge >= 0.3 is 11.9 Å². The predicted molar refractivity (Wildman–Crippen MR) is 38.6 cm³/mol. The fourth-order valence-electron chi connectivity index (χ4n) is 0.877. The standard InChI is InChI=1S/C7H10O6/c1-10-5(8)4-3-12-7(13-4)6(9)11-2/h4,7H,3H2,1-2H3. The van der Waals surface area contributed by atoms with Gasteiger partial charge in [-0.05, 0) is 0 Å². The largest absolute Gasteiger partial charge is 0.467 e. The smallest absolute Gasteiger partial charge is 0.363 e. The fourth-order valence-corrected chi connectivity index (χ4v) is 0.877. The Labute approximate surface area is 74.7 Å². The molecule has 1 fully saturated rings. The van der Waals surface area contributed by atoms with E-state index < -0.39 is 24.3 Å². The van der Waals surface area contributed by atoms with Gasteiger partial charge in [-0.25, -0.2) is 9.59 Å². The van der Waals surface area contributed by atoms with Crippen LogP contribution in [0.5, 0.6) is 0 Å². The van der Waals surface area contributed by atoms with Crippen molar-refractivity contribution in [3.8, 4) is 0 Å². The molecule has 0 bridgehead atoms. The molecule has 1 aliphatic rings. The molecule has 1 aliphatic heterocycles. The second-order valence-corrected chi connectivity index (χ2v) is 2.34. The number of carbonyl (C=O) groups is 2. The van der Waals surface area contributed by atoms with Crippen molar-refractivity contribution < 1.29 is 28.5 Å². The van der Waals surface area contributed by atoms with Crippen molar-refractivity contribution in [3.63, 3.8) is 0 Å². The van der Waals surface area contributed by atoms with Crippen molar-refractivity contribution in [1.29, 1.82) is 0 Å². The Kier molecular flexibility index (Phi) is 3.21. The lowest BCUT2D eigenvalue weighted by Crippen LogP contribution is -2.28. The maximum atomic E-state index is 10.9. The quantitative estimate of drug-likeness (QED) is 0.524. The number of methoxy groups -OCH3 is 2. The van der Waals surface area contributed by atoms with Crippen LogP contribution in [0.25, 0.3) is 0 Å². The van der Waals surface area contributed by atoms with E-state index in [0.717, 1.165) is 0 Å². The molecule has 1 saturated heterocycles. The Bertz CT molecular complexity index is 191. The van der Waals surface area contributed by atoms with Crippen LogP contribution in [-0.2, 0) is 28.5 Å². The van der Waals surface area contributed by atoms with E-state index in [9.17, 15) is 9.59 Å². The van der Waals surface area contributed by atoms with Crippen LogP contribution in [-0.4, -0.2) is 45.2 Å². The highest BCUT2D eigenvalue weighted by molar-refractivity contribution is 5.77. The molecule has 74 valence electrons. The predicted octanol–water partition coefficient (Wildman–Crippen LogP) is -0.926. The molecule has 0 saturated carbocycles. The molecule has 0 amide bonds. The first-order valence-electron chi connectivity index (χ1n) is 3.61. The van der Waals surface area contributed by atoms with Crippen molar-refractivity contribution >= 4 is 11.9 Å². The molecule has 1 rings (SSSR count). The lowest BCUT2D eigenvalue weighted by atomic mass is 10.4. The molecular formula is C7H10O6. The van der Waals surface area contributed by atoms with Gasteiger partial charge in [-0.1, -0.05) is 0 Å². The number of hydrogen-bond donors (Lipinski definition) is 0. The number of carbonyl (C=O) groups excluding carboxylic acids is 2. The molecule has 1 heterocycles. The average molecular weight is 190 g/mol. The third kappa shape index (κ3) is 2.16. The summed E-state index contributed by atoms with van der Waals surface area (Å²) in [7, 11) is 2.44. The molecule has 0 aromatic heterocycles. The zero-order chi connectivity index (χ0) is 9.84. The van der Waals surface area contributed by atoms with Crippen LogP contribution in [0, 0.1) is 0 Å². The maximum absolute atomic E-state index is 10.9. The second-order valence-electron chi connectivity index (χ2n) is 2.34. The third-order valence-corrected chi connectivity index (χ3v) is 1.54. The number of hydrogen-bond acceptors (Lipinski definition) is 6. The number of rotatable bonds is 2. The van der Waals surface area contributed by atoms with Crippen LogP contribution in [0.15, 0.2) is 0 Å². The van der Waals surface area contributed by atoms with Crippen LogP contribution < -0.4 is 0 Å². The fraction of sp³-hybridized carbons (Fsp3) is 0.714. The number of ether oxygens (including phenoxy) is 4. The van der Waals surface area contributed by atoms with E-state index in [1.165, 1.54) is 14.2 Å². The van der Waals surface area contributed by atoms with Crippen LogP contribution in [0.2, 0.25) is 0 Å². The van der Waals surface area contributed by atoms with Gasteiger partial charge in [0, 0.05) is 0 Å². The summed E-state index contributed by atoms with van der Waals surface area (Å²) in [6.07, 6.45) is -1.96. The van der Waals surface area contributed by atoms with Gasteiger partial charge in [0.05, 0.1) is 20.8 Å². The maximum Gasteiger partial charge on any atom is 0.363 e. The first-order chi connectivity index (χ1) is 6.19. The molecule has 2 atom stereocenters. The molecular weight excluding hydrogens is 180 g/mol. The Morgan fingerprint density at radius 2 is 1.85 bits per heavy atom. The number of esters is 2. The van der Waals surface area contributed by atoms with E-state index in [2.05, 4.69) is 9.47 Å². The first-order valence-corrected chi connectivity index (χ1v) is 3.61. The van der Waals surface area contributed by atoms with Crippen LogP contribution in [0.1, 0.15) is 0 Å². The molecule has 6 heteroatoms. The lowest BCUT2D eigenvalue weighted by Gasteiger charge is -2.07. The van der Waals surface area contributed by atoms with Gasteiger partial charge in [-0.3, -0.25) is 0 Å². The third-order valence-electron chi connectivity index (χ3n) is 1.54. The van der Waals surface area contributed by atoms with Gasteiger partial charge in [-0.2, -0.15) is 0 Å².